The van der Waals surface area contributed by atoms with Gasteiger partial charge in [0.05, 0.1) is 12.6 Å². The minimum Gasteiger partial charge on any atom is -0.383 e. The van der Waals surface area contributed by atoms with E-state index >= 15 is 0 Å². The fourth-order valence-corrected chi connectivity index (χ4v) is 3.50. The molecule has 124 valence electrons. The van der Waals surface area contributed by atoms with Crippen LogP contribution in [0.1, 0.15) is 37.2 Å². The van der Waals surface area contributed by atoms with Crippen LogP contribution in [-0.4, -0.2) is 55.3 Å². The molecule has 0 aromatic carbocycles. The summed E-state index contributed by atoms with van der Waals surface area (Å²) in [5.41, 5.74) is 0. The molecule has 0 unspecified atom stereocenters. The average molecular weight is 326 g/mol. The van der Waals surface area contributed by atoms with E-state index in [-0.39, 0.29) is 18.1 Å². The fraction of sp³-hybridized carbons (Fsp3) is 0.733. The molecule has 0 radical (unpaired) electrons. The highest BCUT2D eigenvalue weighted by Crippen LogP contribution is 2.18. The van der Waals surface area contributed by atoms with Gasteiger partial charge in [-0.25, -0.2) is 9.78 Å². The minimum atomic E-state index is -0.0966. The Morgan fingerprint density at radius 1 is 1.64 bits per heavy atom. The Labute approximate surface area is 136 Å². The van der Waals surface area contributed by atoms with Crippen LogP contribution in [0.15, 0.2) is 11.6 Å². The lowest BCUT2D eigenvalue weighted by atomic mass is 10.1. The van der Waals surface area contributed by atoms with Crippen LogP contribution in [-0.2, 0) is 4.74 Å². The molecule has 2 amide bonds. The van der Waals surface area contributed by atoms with Crippen molar-refractivity contribution < 1.29 is 9.53 Å². The second-order valence-corrected chi connectivity index (χ2v) is 6.51. The first-order chi connectivity index (χ1) is 10.7. The zero-order valence-corrected chi connectivity index (χ0v) is 14.2. The minimum absolute atomic E-state index is 0.00631. The lowest BCUT2D eigenvalue weighted by Crippen LogP contribution is -2.51. The molecule has 0 saturated carbocycles. The number of nitrogens with zero attached hydrogens (tertiary/aromatic N) is 2. The Kier molecular flexibility index (Phi) is 7.08. The number of likely N-dealkylation sites (tertiary alicyclic amines) is 1. The summed E-state index contributed by atoms with van der Waals surface area (Å²) in [5, 5.41) is 9.02. The maximum atomic E-state index is 12.2. The molecule has 22 heavy (non-hydrogen) atoms. The number of aromatic nitrogens is 1. The van der Waals surface area contributed by atoms with Crippen molar-refractivity contribution in [2.24, 2.45) is 0 Å². The Balaban J connectivity index is 1.78. The van der Waals surface area contributed by atoms with Crippen molar-refractivity contribution in [3.05, 3.63) is 16.6 Å². The van der Waals surface area contributed by atoms with Crippen molar-refractivity contribution in [3.63, 3.8) is 0 Å². The predicted octanol–water partition coefficient (Wildman–Crippen LogP) is 2.00. The van der Waals surface area contributed by atoms with Gasteiger partial charge in [0.15, 0.2) is 0 Å². The van der Waals surface area contributed by atoms with Gasteiger partial charge in [0, 0.05) is 37.8 Å². The van der Waals surface area contributed by atoms with E-state index in [0.717, 1.165) is 50.5 Å². The van der Waals surface area contributed by atoms with Crippen LogP contribution in [0.5, 0.6) is 0 Å². The van der Waals surface area contributed by atoms with E-state index in [1.807, 2.05) is 5.38 Å². The SMILES string of the molecule is CC[C@@H](NC(=O)N[C@H]1CCCN(CCOC)C1)c1nccs1. The molecule has 0 bridgehead atoms. The fourth-order valence-electron chi connectivity index (χ4n) is 2.73. The van der Waals surface area contributed by atoms with E-state index in [1.165, 1.54) is 0 Å². The molecule has 1 aromatic heterocycles. The summed E-state index contributed by atoms with van der Waals surface area (Å²) >= 11 is 1.58. The summed E-state index contributed by atoms with van der Waals surface area (Å²) in [5.74, 6) is 0. The number of piperidine rings is 1. The number of thiazole rings is 1. The first kappa shape index (κ1) is 17.2. The van der Waals surface area contributed by atoms with Gasteiger partial charge in [0.25, 0.3) is 0 Å². The molecule has 7 heteroatoms. The van der Waals surface area contributed by atoms with Crippen molar-refractivity contribution in [2.45, 2.75) is 38.3 Å². The highest BCUT2D eigenvalue weighted by molar-refractivity contribution is 7.09. The van der Waals surface area contributed by atoms with Crippen molar-refractivity contribution in [1.82, 2.24) is 20.5 Å². The predicted molar refractivity (Wildman–Crippen MR) is 88.2 cm³/mol. The first-order valence-corrected chi connectivity index (χ1v) is 8.78. The third-order valence-corrected chi connectivity index (χ3v) is 4.80. The number of hydrogen-bond donors (Lipinski definition) is 2. The van der Waals surface area contributed by atoms with Crippen LogP contribution in [0.2, 0.25) is 0 Å². The van der Waals surface area contributed by atoms with Gasteiger partial charge in [0.1, 0.15) is 5.01 Å². The van der Waals surface area contributed by atoms with Gasteiger partial charge in [-0.3, -0.25) is 4.90 Å². The second-order valence-electron chi connectivity index (χ2n) is 5.58. The van der Waals surface area contributed by atoms with E-state index in [2.05, 4.69) is 27.4 Å². The molecule has 1 aromatic rings. The molecule has 1 aliphatic rings. The maximum absolute atomic E-state index is 12.2. The summed E-state index contributed by atoms with van der Waals surface area (Å²) in [6.07, 6.45) is 4.76. The zero-order chi connectivity index (χ0) is 15.8. The summed E-state index contributed by atoms with van der Waals surface area (Å²) in [6.45, 7) is 5.69. The van der Waals surface area contributed by atoms with Crippen molar-refractivity contribution in [2.75, 3.05) is 33.4 Å². The quantitative estimate of drug-likeness (QED) is 0.804. The van der Waals surface area contributed by atoms with Crippen LogP contribution in [0, 0.1) is 0 Å². The Morgan fingerprint density at radius 2 is 2.50 bits per heavy atom. The van der Waals surface area contributed by atoms with Gasteiger partial charge in [-0.1, -0.05) is 6.92 Å². The topological polar surface area (TPSA) is 66.5 Å². The standard InChI is InChI=1S/C15H26N4O2S/c1-3-13(14-16-6-10-22-14)18-15(20)17-12-5-4-7-19(11-12)8-9-21-2/h6,10,12-13H,3-5,7-9,11H2,1-2H3,(H2,17,18,20)/t12-,13+/m0/s1. The Hall–Kier alpha value is -1.18. The Bertz CT molecular complexity index is 441. The number of methoxy groups -OCH3 is 1. The number of hydrogen-bond acceptors (Lipinski definition) is 5. The number of carbonyl (C=O) groups is 1. The molecule has 1 fully saturated rings. The molecule has 6 nitrogen and oxygen atoms in total. The summed E-state index contributed by atoms with van der Waals surface area (Å²) in [6, 6.07) is 0.105. The first-order valence-electron chi connectivity index (χ1n) is 7.90. The van der Waals surface area contributed by atoms with E-state index in [1.54, 1.807) is 24.6 Å². The van der Waals surface area contributed by atoms with Crippen LogP contribution >= 0.6 is 11.3 Å². The van der Waals surface area contributed by atoms with Crippen LogP contribution in [0.4, 0.5) is 4.79 Å². The van der Waals surface area contributed by atoms with Crippen LogP contribution < -0.4 is 10.6 Å². The maximum Gasteiger partial charge on any atom is 0.315 e. The van der Waals surface area contributed by atoms with E-state index in [9.17, 15) is 4.79 Å². The number of nitrogens with one attached hydrogen (secondary N) is 2. The molecular formula is C15H26N4O2S. The van der Waals surface area contributed by atoms with Crippen molar-refractivity contribution in [3.8, 4) is 0 Å². The van der Waals surface area contributed by atoms with Gasteiger partial charge >= 0.3 is 6.03 Å². The zero-order valence-electron chi connectivity index (χ0n) is 13.4. The van der Waals surface area contributed by atoms with Crippen molar-refractivity contribution >= 4 is 17.4 Å². The normalized spacial score (nSPS) is 20.5. The molecule has 1 saturated heterocycles. The molecule has 2 N–H and O–H groups in total. The van der Waals surface area contributed by atoms with E-state index in [0.29, 0.717) is 0 Å². The van der Waals surface area contributed by atoms with Gasteiger partial charge in [-0.15, -0.1) is 11.3 Å². The smallest absolute Gasteiger partial charge is 0.315 e. The molecule has 1 aliphatic heterocycles. The number of carbonyl (C=O) groups excluding carboxylic acids is 1. The number of ether oxygens (including phenoxy) is 1. The van der Waals surface area contributed by atoms with Crippen molar-refractivity contribution in [1.29, 1.82) is 0 Å². The van der Waals surface area contributed by atoms with Gasteiger partial charge in [-0.2, -0.15) is 0 Å². The number of urea groups is 1. The molecule has 0 aliphatic carbocycles. The van der Waals surface area contributed by atoms with Gasteiger partial charge in [0.2, 0.25) is 0 Å². The highest BCUT2D eigenvalue weighted by Gasteiger charge is 2.22. The second kappa shape index (κ2) is 9.07. The number of rotatable bonds is 7. The average Bonchev–Trinajstić information content (AvgIpc) is 3.05. The molecule has 2 rings (SSSR count). The molecule has 2 heterocycles. The van der Waals surface area contributed by atoms with Crippen LogP contribution in [0.25, 0.3) is 0 Å². The highest BCUT2D eigenvalue weighted by atomic mass is 32.1. The molecule has 2 atom stereocenters. The third kappa shape index (κ3) is 5.23. The van der Waals surface area contributed by atoms with Gasteiger partial charge < -0.3 is 15.4 Å². The monoisotopic (exact) mass is 326 g/mol. The number of amides is 2. The lowest BCUT2D eigenvalue weighted by molar-refractivity contribution is 0.123. The van der Waals surface area contributed by atoms with Gasteiger partial charge in [-0.05, 0) is 25.8 Å². The molecular weight excluding hydrogens is 300 g/mol. The lowest BCUT2D eigenvalue weighted by Gasteiger charge is -2.33. The van der Waals surface area contributed by atoms with E-state index < -0.39 is 0 Å². The summed E-state index contributed by atoms with van der Waals surface area (Å²) in [4.78, 5) is 18.8. The summed E-state index contributed by atoms with van der Waals surface area (Å²) < 4.78 is 5.12. The summed E-state index contributed by atoms with van der Waals surface area (Å²) in [7, 11) is 1.72. The van der Waals surface area contributed by atoms with E-state index in [4.69, 9.17) is 4.74 Å². The van der Waals surface area contributed by atoms with Crippen LogP contribution in [0.3, 0.4) is 0 Å². The largest absolute Gasteiger partial charge is 0.383 e. The molecule has 0 spiro atoms. The third-order valence-electron chi connectivity index (χ3n) is 3.92. The Morgan fingerprint density at radius 3 is 3.18 bits per heavy atom.